The summed E-state index contributed by atoms with van der Waals surface area (Å²) in [5.41, 5.74) is -0.951. The van der Waals surface area contributed by atoms with Crippen LogP contribution < -0.4 is 0 Å². The van der Waals surface area contributed by atoms with Crippen LogP contribution in [0.15, 0.2) is 24.8 Å². The topological polar surface area (TPSA) is 18.5 Å². The first kappa shape index (κ1) is 14.4. The zero-order valence-electron chi connectivity index (χ0n) is 10.6. The summed E-state index contributed by atoms with van der Waals surface area (Å²) >= 11 is 0. The molecule has 0 aliphatic carbocycles. The molecule has 1 unspecified atom stereocenters. The number of rotatable bonds is 5. The second-order valence-electron chi connectivity index (χ2n) is 4.90. The summed E-state index contributed by atoms with van der Waals surface area (Å²) < 4.78 is 35.4. The summed E-state index contributed by atoms with van der Waals surface area (Å²) in [6, 6.07) is 0. The van der Waals surface area contributed by atoms with E-state index in [4.69, 9.17) is 9.31 Å². The van der Waals surface area contributed by atoms with E-state index in [2.05, 4.69) is 0 Å². The Kier molecular flexibility index (Phi) is 4.89. The molecule has 1 heterocycles. The molecule has 96 valence electrons. The summed E-state index contributed by atoms with van der Waals surface area (Å²) in [5, 5.41) is 0. The van der Waals surface area contributed by atoms with Crippen molar-refractivity contribution in [2.75, 3.05) is 0 Å². The van der Waals surface area contributed by atoms with E-state index in [0.29, 0.717) is 31.8 Å². The van der Waals surface area contributed by atoms with E-state index >= 15 is 0 Å². The van der Waals surface area contributed by atoms with Gasteiger partial charge in [-0.05, 0) is 33.6 Å². The number of hydrogen-bond acceptors (Lipinski definition) is 2. The first-order valence-electron chi connectivity index (χ1n) is 5.81. The predicted molar refractivity (Wildman–Crippen MR) is 64.9 cm³/mol. The first-order valence-corrected chi connectivity index (χ1v) is 5.81. The molecule has 0 spiro atoms. The van der Waals surface area contributed by atoms with Crippen LogP contribution in [0, 0.1) is 0 Å². The molecule has 1 rings (SSSR count). The molecule has 1 aliphatic heterocycles. The van der Waals surface area contributed by atoms with Crippen LogP contribution in [-0.2, 0) is 9.31 Å². The van der Waals surface area contributed by atoms with Crippen LogP contribution in [0.25, 0.3) is 0 Å². The third kappa shape index (κ3) is 3.39. The van der Waals surface area contributed by atoms with Gasteiger partial charge in [-0.15, -0.1) is 0 Å². The Balaban J connectivity index is 2.64. The molecule has 1 saturated heterocycles. The van der Waals surface area contributed by atoms with Crippen molar-refractivity contribution in [2.45, 2.75) is 51.1 Å². The fourth-order valence-electron chi connectivity index (χ4n) is 1.95. The lowest BCUT2D eigenvalue weighted by molar-refractivity contribution is -0.0148. The van der Waals surface area contributed by atoms with Crippen LogP contribution in [-0.4, -0.2) is 18.3 Å². The Labute approximate surface area is 102 Å². The Morgan fingerprint density at radius 1 is 1.06 bits per heavy atom. The summed E-state index contributed by atoms with van der Waals surface area (Å²) in [6.45, 7) is 5.81. The van der Waals surface area contributed by atoms with Crippen molar-refractivity contribution >= 4 is 7.12 Å². The van der Waals surface area contributed by atoms with E-state index in [-0.39, 0.29) is 0 Å². The molecule has 1 fully saturated rings. The highest BCUT2D eigenvalue weighted by Crippen LogP contribution is 2.41. The zero-order valence-corrected chi connectivity index (χ0v) is 10.6. The molecule has 0 bridgehead atoms. The van der Waals surface area contributed by atoms with Crippen LogP contribution in [0.3, 0.4) is 0 Å². The van der Waals surface area contributed by atoms with Gasteiger partial charge in [0, 0.05) is 6.32 Å². The van der Waals surface area contributed by atoms with Gasteiger partial charge in [-0.3, -0.25) is 0 Å². The minimum atomic E-state index is -0.485. The lowest BCUT2D eigenvalue weighted by Crippen LogP contribution is -2.44. The van der Waals surface area contributed by atoms with Crippen LogP contribution in [0.2, 0.25) is 6.32 Å². The molecule has 0 N–H and O–H groups in total. The molecular weight excluding hydrogens is 225 g/mol. The van der Waals surface area contributed by atoms with Gasteiger partial charge in [-0.25, -0.2) is 8.78 Å². The van der Waals surface area contributed by atoms with Crippen LogP contribution >= 0.6 is 0 Å². The van der Waals surface area contributed by atoms with Crippen molar-refractivity contribution < 1.29 is 18.1 Å². The van der Waals surface area contributed by atoms with E-state index in [1.807, 2.05) is 20.8 Å². The average Bonchev–Trinajstić information content (AvgIpc) is 2.47. The van der Waals surface area contributed by atoms with E-state index in [1.165, 1.54) is 12.2 Å². The molecule has 0 amide bonds. The molecular formula is C12H19BF2O2. The summed E-state index contributed by atoms with van der Waals surface area (Å²) in [5.74, 6) is 0. The Morgan fingerprint density at radius 2 is 1.71 bits per heavy atom. The van der Waals surface area contributed by atoms with Crippen molar-refractivity contribution in [3.63, 3.8) is 0 Å². The maximum atomic E-state index is 11.9. The molecule has 0 aromatic carbocycles. The van der Waals surface area contributed by atoms with Crippen molar-refractivity contribution in [1.29, 1.82) is 0 Å². The highest BCUT2D eigenvalue weighted by Gasteiger charge is 2.52. The van der Waals surface area contributed by atoms with Crippen molar-refractivity contribution in [3.8, 4) is 0 Å². The van der Waals surface area contributed by atoms with Gasteiger partial charge < -0.3 is 9.31 Å². The summed E-state index contributed by atoms with van der Waals surface area (Å²) in [4.78, 5) is 0. The van der Waals surface area contributed by atoms with Gasteiger partial charge in [0.1, 0.15) is 0 Å². The Morgan fingerprint density at radius 3 is 2.29 bits per heavy atom. The van der Waals surface area contributed by atoms with Gasteiger partial charge in [0.05, 0.1) is 23.9 Å². The van der Waals surface area contributed by atoms with Gasteiger partial charge in [0.2, 0.25) is 0 Å². The largest absolute Gasteiger partial charge is 0.461 e. The zero-order chi connectivity index (χ0) is 12.9. The monoisotopic (exact) mass is 244 g/mol. The van der Waals surface area contributed by atoms with E-state index in [0.717, 1.165) is 0 Å². The lowest BCUT2D eigenvalue weighted by Gasteiger charge is -2.36. The quantitative estimate of drug-likeness (QED) is 0.684. The van der Waals surface area contributed by atoms with Gasteiger partial charge >= 0.3 is 7.12 Å². The highest BCUT2D eigenvalue weighted by molar-refractivity contribution is 6.46. The van der Waals surface area contributed by atoms with Gasteiger partial charge in [-0.1, -0.05) is 12.2 Å². The molecule has 17 heavy (non-hydrogen) atoms. The first-order chi connectivity index (χ1) is 7.95. The molecule has 0 radical (unpaired) electrons. The molecule has 0 saturated carbocycles. The van der Waals surface area contributed by atoms with E-state index < -0.39 is 18.3 Å². The van der Waals surface area contributed by atoms with Gasteiger partial charge in [0.25, 0.3) is 0 Å². The molecule has 0 aromatic rings. The maximum Gasteiger partial charge on any atom is 0.461 e. The number of allylic oxidation sites excluding steroid dienone is 2. The van der Waals surface area contributed by atoms with Crippen LogP contribution in [0.5, 0.6) is 0 Å². The van der Waals surface area contributed by atoms with Crippen molar-refractivity contribution in [1.82, 2.24) is 0 Å². The third-order valence-electron chi connectivity index (χ3n) is 3.39. The fraction of sp³-hybridized carbons (Fsp3) is 0.667. The van der Waals surface area contributed by atoms with Crippen molar-refractivity contribution in [3.05, 3.63) is 24.8 Å². The maximum absolute atomic E-state index is 11.9. The van der Waals surface area contributed by atoms with Crippen LogP contribution in [0.1, 0.15) is 33.6 Å². The summed E-state index contributed by atoms with van der Waals surface area (Å²) in [6.07, 6.45) is 5.49. The fourth-order valence-corrected chi connectivity index (χ4v) is 1.95. The smallest absolute Gasteiger partial charge is 0.403 e. The molecule has 5 heteroatoms. The SMILES string of the molecule is CC1(C)OB(CC=CF)OC1(C)CCC=CF. The standard InChI is InChI=1S/C12H19BF2O2/c1-11(2)12(3,7-4-5-9-14)17-13(16-11)8-6-10-15/h5-6,9-10H,4,7-8H2,1-3H3. The number of halogens is 2. The summed E-state index contributed by atoms with van der Waals surface area (Å²) in [7, 11) is -0.434. The van der Waals surface area contributed by atoms with Gasteiger partial charge in [0.15, 0.2) is 0 Å². The minimum absolute atomic E-state index is 0.383. The van der Waals surface area contributed by atoms with Crippen LogP contribution in [0.4, 0.5) is 8.78 Å². The Bertz CT molecular complexity index is 305. The second-order valence-corrected chi connectivity index (χ2v) is 4.90. The minimum Gasteiger partial charge on any atom is -0.403 e. The van der Waals surface area contributed by atoms with Crippen molar-refractivity contribution in [2.24, 2.45) is 0 Å². The van der Waals surface area contributed by atoms with E-state index in [9.17, 15) is 8.78 Å². The molecule has 2 nitrogen and oxygen atoms in total. The second kappa shape index (κ2) is 5.78. The average molecular weight is 244 g/mol. The van der Waals surface area contributed by atoms with E-state index in [1.54, 1.807) is 0 Å². The normalized spacial score (nSPS) is 28.6. The lowest BCUT2D eigenvalue weighted by atomic mass is 9.84. The third-order valence-corrected chi connectivity index (χ3v) is 3.39. The number of hydrogen-bond donors (Lipinski definition) is 0. The Hall–Kier alpha value is -0.675. The van der Waals surface area contributed by atoms with Gasteiger partial charge in [-0.2, -0.15) is 0 Å². The highest BCUT2D eigenvalue weighted by atomic mass is 19.1. The molecule has 1 atom stereocenters. The molecule has 1 aliphatic rings. The predicted octanol–water partition coefficient (Wildman–Crippen LogP) is 3.81. The molecule has 0 aromatic heterocycles.